The number of nitrogens with one attached hydrogen (secondary N) is 2. The monoisotopic (exact) mass is 350 g/mol. The molecule has 1 amide bonds. The van der Waals surface area contributed by atoms with Gasteiger partial charge in [-0.25, -0.2) is 15.0 Å². The minimum Gasteiger partial charge on any atom is -0.373 e. The number of aryl methyl sites for hydroxylation is 1. The molecule has 3 aromatic rings. The van der Waals surface area contributed by atoms with E-state index in [1.54, 1.807) is 6.33 Å². The molecule has 0 saturated heterocycles. The number of aromatic nitrogens is 4. The van der Waals surface area contributed by atoms with Crippen LogP contribution in [0.4, 0.5) is 5.82 Å². The van der Waals surface area contributed by atoms with Crippen molar-refractivity contribution in [2.45, 2.75) is 38.1 Å². The van der Waals surface area contributed by atoms with E-state index in [4.69, 9.17) is 0 Å². The number of carbonyl (C=O) groups excluding carboxylic acids is 1. The molecular weight excluding hydrogens is 328 g/mol. The van der Waals surface area contributed by atoms with Crippen molar-refractivity contribution in [1.82, 2.24) is 24.7 Å². The Balaban J connectivity index is 1.35. The van der Waals surface area contributed by atoms with Crippen molar-refractivity contribution in [1.29, 1.82) is 0 Å². The van der Waals surface area contributed by atoms with Crippen molar-refractivity contribution >= 4 is 17.4 Å². The molecule has 1 aliphatic carbocycles. The van der Waals surface area contributed by atoms with Crippen molar-refractivity contribution in [2.24, 2.45) is 0 Å². The van der Waals surface area contributed by atoms with Gasteiger partial charge in [-0.2, -0.15) is 0 Å². The van der Waals surface area contributed by atoms with Gasteiger partial charge in [0.1, 0.15) is 17.8 Å². The van der Waals surface area contributed by atoms with Crippen LogP contribution >= 0.6 is 0 Å². The minimum absolute atomic E-state index is 0.0424. The third kappa shape index (κ3) is 3.12. The molecule has 1 saturated carbocycles. The van der Waals surface area contributed by atoms with E-state index < -0.39 is 0 Å². The Morgan fingerprint density at radius 2 is 2.15 bits per heavy atom. The second kappa shape index (κ2) is 6.74. The number of carbonyl (C=O) groups is 1. The molecule has 0 aromatic carbocycles. The van der Waals surface area contributed by atoms with Crippen molar-refractivity contribution in [3.63, 3.8) is 0 Å². The first-order chi connectivity index (χ1) is 12.6. The minimum atomic E-state index is 0.0424. The maximum Gasteiger partial charge on any atom is 0.226 e. The number of imidazole rings is 1. The SMILES string of the molecule is CNc1cc(C2CC(NC(=O)Cc3c(C)nc4ccccn34)C2)ncn1. The average Bonchev–Trinajstić information content (AvgIpc) is 2.93. The van der Waals surface area contributed by atoms with Crippen LogP contribution in [0.5, 0.6) is 0 Å². The lowest BCUT2D eigenvalue weighted by atomic mass is 9.78. The average molecular weight is 350 g/mol. The normalized spacial score (nSPS) is 19.2. The summed E-state index contributed by atoms with van der Waals surface area (Å²) >= 11 is 0. The Hall–Kier alpha value is -2.96. The molecule has 0 unspecified atom stereocenters. The Bertz CT molecular complexity index is 944. The summed E-state index contributed by atoms with van der Waals surface area (Å²) in [7, 11) is 1.85. The lowest BCUT2D eigenvalue weighted by Crippen LogP contribution is -2.44. The fourth-order valence-electron chi connectivity index (χ4n) is 3.52. The van der Waals surface area contributed by atoms with E-state index >= 15 is 0 Å². The summed E-state index contributed by atoms with van der Waals surface area (Å²) in [6.45, 7) is 1.95. The summed E-state index contributed by atoms with van der Waals surface area (Å²) in [4.78, 5) is 25.5. The van der Waals surface area contributed by atoms with Crippen molar-refractivity contribution in [3.05, 3.63) is 53.9 Å². The number of hydrogen-bond donors (Lipinski definition) is 2. The summed E-state index contributed by atoms with van der Waals surface area (Å²) in [5.41, 5.74) is 3.76. The second-order valence-electron chi connectivity index (χ2n) is 6.76. The van der Waals surface area contributed by atoms with Gasteiger partial charge in [-0.1, -0.05) is 6.07 Å². The van der Waals surface area contributed by atoms with E-state index in [9.17, 15) is 4.79 Å². The van der Waals surface area contributed by atoms with Crippen molar-refractivity contribution in [3.8, 4) is 0 Å². The third-order valence-electron chi connectivity index (χ3n) is 5.02. The van der Waals surface area contributed by atoms with Gasteiger partial charge in [-0.05, 0) is 31.9 Å². The van der Waals surface area contributed by atoms with Crippen LogP contribution in [0.2, 0.25) is 0 Å². The quantitative estimate of drug-likeness (QED) is 0.736. The highest BCUT2D eigenvalue weighted by atomic mass is 16.1. The first-order valence-electron chi connectivity index (χ1n) is 8.85. The number of hydrogen-bond acceptors (Lipinski definition) is 5. The zero-order valence-electron chi connectivity index (χ0n) is 14.9. The van der Waals surface area contributed by atoms with E-state index in [0.717, 1.165) is 41.4 Å². The highest BCUT2D eigenvalue weighted by Gasteiger charge is 2.32. The largest absolute Gasteiger partial charge is 0.373 e. The summed E-state index contributed by atoms with van der Waals surface area (Å²) in [5, 5.41) is 6.17. The predicted molar refractivity (Wildman–Crippen MR) is 99.1 cm³/mol. The molecule has 0 spiro atoms. The smallest absolute Gasteiger partial charge is 0.226 e. The van der Waals surface area contributed by atoms with Gasteiger partial charge in [0.15, 0.2) is 0 Å². The maximum absolute atomic E-state index is 12.5. The summed E-state index contributed by atoms with van der Waals surface area (Å²) in [5.74, 6) is 1.25. The predicted octanol–water partition coefficient (Wildman–Crippen LogP) is 2.08. The summed E-state index contributed by atoms with van der Waals surface area (Å²) in [6, 6.07) is 8.04. The van der Waals surface area contributed by atoms with Crippen LogP contribution in [0.15, 0.2) is 36.8 Å². The molecule has 0 radical (unpaired) electrons. The highest BCUT2D eigenvalue weighted by molar-refractivity contribution is 5.79. The van der Waals surface area contributed by atoms with Crippen LogP contribution < -0.4 is 10.6 Å². The van der Waals surface area contributed by atoms with Crippen molar-refractivity contribution < 1.29 is 4.79 Å². The molecule has 3 aromatic heterocycles. The second-order valence-corrected chi connectivity index (χ2v) is 6.76. The van der Waals surface area contributed by atoms with E-state index in [1.807, 2.05) is 48.8 Å². The molecule has 134 valence electrons. The number of pyridine rings is 1. The molecule has 3 heterocycles. The van der Waals surface area contributed by atoms with Gasteiger partial charge in [0.05, 0.1) is 17.8 Å². The molecule has 7 heteroatoms. The zero-order chi connectivity index (χ0) is 18.1. The Kier molecular flexibility index (Phi) is 4.28. The maximum atomic E-state index is 12.5. The number of fused-ring (bicyclic) bond motifs is 1. The molecule has 4 rings (SSSR count). The first kappa shape index (κ1) is 16.5. The van der Waals surface area contributed by atoms with Gasteiger partial charge in [0.25, 0.3) is 0 Å². The van der Waals surface area contributed by atoms with Crippen LogP contribution in [-0.4, -0.2) is 38.3 Å². The molecule has 0 bridgehead atoms. The van der Waals surface area contributed by atoms with E-state index in [0.29, 0.717) is 12.3 Å². The van der Waals surface area contributed by atoms with E-state index in [1.165, 1.54) is 0 Å². The van der Waals surface area contributed by atoms with Crippen LogP contribution in [0.25, 0.3) is 5.65 Å². The molecule has 2 N–H and O–H groups in total. The van der Waals surface area contributed by atoms with Gasteiger partial charge >= 0.3 is 0 Å². The molecule has 26 heavy (non-hydrogen) atoms. The highest BCUT2D eigenvalue weighted by Crippen LogP contribution is 2.36. The molecule has 0 aliphatic heterocycles. The Morgan fingerprint density at radius 3 is 2.96 bits per heavy atom. The zero-order valence-corrected chi connectivity index (χ0v) is 14.9. The van der Waals surface area contributed by atoms with Gasteiger partial charge in [0, 0.05) is 37.0 Å². The van der Waals surface area contributed by atoms with E-state index in [2.05, 4.69) is 25.6 Å². The molecule has 1 fully saturated rings. The van der Waals surface area contributed by atoms with Gasteiger partial charge in [-0.3, -0.25) is 4.79 Å². The Morgan fingerprint density at radius 1 is 1.31 bits per heavy atom. The van der Waals surface area contributed by atoms with Crippen molar-refractivity contribution in [2.75, 3.05) is 12.4 Å². The summed E-state index contributed by atoms with van der Waals surface area (Å²) in [6.07, 6.45) is 5.71. The number of nitrogens with zero attached hydrogens (tertiary/aromatic N) is 4. The van der Waals surface area contributed by atoms with Crippen LogP contribution in [0, 0.1) is 6.92 Å². The third-order valence-corrected chi connectivity index (χ3v) is 5.02. The number of anilines is 1. The molecule has 1 aliphatic rings. The molecule has 0 atom stereocenters. The number of amides is 1. The van der Waals surface area contributed by atoms with Gasteiger partial charge in [-0.15, -0.1) is 0 Å². The fourth-order valence-corrected chi connectivity index (χ4v) is 3.52. The topological polar surface area (TPSA) is 84.2 Å². The van der Waals surface area contributed by atoms with Crippen LogP contribution in [-0.2, 0) is 11.2 Å². The Labute approximate surface area is 151 Å². The first-order valence-corrected chi connectivity index (χ1v) is 8.85. The van der Waals surface area contributed by atoms with Gasteiger partial charge in [0.2, 0.25) is 5.91 Å². The molecular formula is C19H22N6O. The fraction of sp³-hybridized carbons (Fsp3) is 0.368. The molecule has 7 nitrogen and oxygen atoms in total. The van der Waals surface area contributed by atoms with Gasteiger partial charge < -0.3 is 15.0 Å². The standard InChI is InChI=1S/C19H22N6O/c1-12-16(25-6-4-3-5-18(25)23-12)10-19(26)24-14-7-13(8-14)15-9-17(20-2)22-11-21-15/h3-6,9,11,13-14H,7-8,10H2,1-2H3,(H,24,26)(H,20,21,22). The lowest BCUT2D eigenvalue weighted by molar-refractivity contribution is -0.121. The number of rotatable bonds is 5. The van der Waals surface area contributed by atoms with E-state index in [-0.39, 0.29) is 11.9 Å². The van der Waals surface area contributed by atoms with Crippen LogP contribution in [0.3, 0.4) is 0 Å². The summed E-state index contributed by atoms with van der Waals surface area (Å²) < 4.78 is 1.98. The lowest BCUT2D eigenvalue weighted by Gasteiger charge is -2.35. The van der Waals surface area contributed by atoms with Crippen LogP contribution in [0.1, 0.15) is 35.8 Å².